The number of rotatable bonds is 1. The summed E-state index contributed by atoms with van der Waals surface area (Å²) < 4.78 is 12.7. The maximum Gasteiger partial charge on any atom is 0.174 e. The zero-order valence-corrected chi connectivity index (χ0v) is 6.03. The average Bonchev–Trinajstić information content (AvgIpc) is 2.56. The van der Waals surface area contributed by atoms with Gasteiger partial charge in [0.05, 0.1) is 0 Å². The molecule has 5 heteroatoms. The predicted octanol–water partition coefficient (Wildman–Crippen LogP) is 1.01. The van der Waals surface area contributed by atoms with Crippen molar-refractivity contribution >= 4 is 0 Å². The maximum absolute atomic E-state index is 12.7. The van der Waals surface area contributed by atoms with Crippen LogP contribution in [0.1, 0.15) is 0 Å². The van der Waals surface area contributed by atoms with Crippen molar-refractivity contribution in [2.75, 3.05) is 0 Å². The normalized spacial score (nSPS) is 10.1. The predicted molar refractivity (Wildman–Crippen MR) is 39.6 cm³/mol. The molecule has 2 aromatic rings. The summed E-state index contributed by atoms with van der Waals surface area (Å²) in [5.74, 6) is 0.130. The zero-order valence-electron chi connectivity index (χ0n) is 6.03. The van der Waals surface area contributed by atoms with Gasteiger partial charge in [-0.05, 0) is 6.07 Å². The highest BCUT2D eigenvalue weighted by atomic mass is 19.1. The van der Waals surface area contributed by atoms with Crippen LogP contribution >= 0.6 is 0 Å². The molecule has 0 spiro atoms. The molecule has 0 aliphatic heterocycles. The van der Waals surface area contributed by atoms with Crippen molar-refractivity contribution in [2.45, 2.75) is 0 Å². The van der Waals surface area contributed by atoms with Gasteiger partial charge in [0.25, 0.3) is 0 Å². The molecule has 4 nitrogen and oxygen atoms in total. The van der Waals surface area contributed by atoms with Gasteiger partial charge in [0, 0.05) is 12.3 Å². The quantitative estimate of drug-likeness (QED) is 0.684. The Labute approximate surface area is 67.5 Å². The molecule has 0 unspecified atom stereocenters. The van der Waals surface area contributed by atoms with Gasteiger partial charge in [0.1, 0.15) is 17.8 Å². The summed E-state index contributed by atoms with van der Waals surface area (Å²) in [5.41, 5.74) is 0.451. The Hall–Kier alpha value is -1.78. The Morgan fingerprint density at radius 1 is 1.33 bits per heavy atom. The van der Waals surface area contributed by atoms with Gasteiger partial charge in [0.15, 0.2) is 5.82 Å². The van der Waals surface area contributed by atoms with Gasteiger partial charge < -0.3 is 0 Å². The molecule has 2 rings (SSSR count). The standard InChI is InChI=1S/C7H5FN4/c8-5-1-2-9-6(3-5)7-10-4-11-12-7/h1-4H,(H,10,11,12). The summed E-state index contributed by atoms with van der Waals surface area (Å²) in [4.78, 5) is 7.74. The van der Waals surface area contributed by atoms with Crippen molar-refractivity contribution in [3.63, 3.8) is 0 Å². The van der Waals surface area contributed by atoms with Crippen LogP contribution in [0.4, 0.5) is 4.39 Å². The Kier molecular flexibility index (Phi) is 1.55. The number of nitrogens with zero attached hydrogens (tertiary/aromatic N) is 3. The lowest BCUT2D eigenvalue weighted by molar-refractivity contribution is 0.626. The van der Waals surface area contributed by atoms with Gasteiger partial charge in [0.2, 0.25) is 0 Å². The van der Waals surface area contributed by atoms with E-state index in [1.807, 2.05) is 0 Å². The Bertz CT molecular complexity index is 371. The SMILES string of the molecule is Fc1ccnc(-c2ncn[nH]2)c1. The number of H-pyrrole nitrogens is 1. The van der Waals surface area contributed by atoms with E-state index in [1.165, 1.54) is 24.7 Å². The minimum Gasteiger partial charge on any atom is -0.258 e. The first-order chi connectivity index (χ1) is 5.86. The molecule has 0 bridgehead atoms. The van der Waals surface area contributed by atoms with E-state index in [0.717, 1.165) is 0 Å². The fraction of sp³-hybridized carbons (Fsp3) is 0. The minimum absolute atomic E-state index is 0.337. The molecule has 2 heterocycles. The molecule has 0 saturated heterocycles. The van der Waals surface area contributed by atoms with E-state index in [4.69, 9.17) is 0 Å². The number of aromatic nitrogens is 4. The molecule has 12 heavy (non-hydrogen) atoms. The molecule has 0 amide bonds. The number of halogens is 1. The van der Waals surface area contributed by atoms with E-state index in [2.05, 4.69) is 20.2 Å². The van der Waals surface area contributed by atoms with Crippen LogP contribution in [0.25, 0.3) is 11.5 Å². The van der Waals surface area contributed by atoms with Crippen molar-refractivity contribution in [3.05, 3.63) is 30.5 Å². The van der Waals surface area contributed by atoms with E-state index in [0.29, 0.717) is 11.5 Å². The van der Waals surface area contributed by atoms with E-state index >= 15 is 0 Å². The van der Waals surface area contributed by atoms with Crippen molar-refractivity contribution in [1.82, 2.24) is 20.2 Å². The fourth-order valence-electron chi connectivity index (χ4n) is 0.863. The smallest absolute Gasteiger partial charge is 0.174 e. The first kappa shape index (κ1) is 6.90. The average molecular weight is 164 g/mol. The van der Waals surface area contributed by atoms with Crippen LogP contribution < -0.4 is 0 Å². The van der Waals surface area contributed by atoms with Crippen molar-refractivity contribution in [2.24, 2.45) is 0 Å². The van der Waals surface area contributed by atoms with Gasteiger partial charge in [-0.15, -0.1) is 0 Å². The minimum atomic E-state index is -0.337. The molecule has 0 radical (unpaired) electrons. The number of pyridine rings is 1. The second kappa shape index (κ2) is 2.69. The highest BCUT2D eigenvalue weighted by Gasteiger charge is 2.01. The van der Waals surface area contributed by atoms with Crippen LogP contribution in [0.3, 0.4) is 0 Å². The van der Waals surface area contributed by atoms with Gasteiger partial charge in [-0.25, -0.2) is 9.37 Å². The van der Waals surface area contributed by atoms with Crippen molar-refractivity contribution < 1.29 is 4.39 Å². The third-order valence-electron chi connectivity index (χ3n) is 1.38. The number of hydrogen-bond donors (Lipinski definition) is 1. The first-order valence-electron chi connectivity index (χ1n) is 3.33. The summed E-state index contributed by atoms with van der Waals surface area (Å²) in [5, 5.41) is 6.22. The highest BCUT2D eigenvalue weighted by molar-refractivity contribution is 5.47. The van der Waals surface area contributed by atoms with Gasteiger partial charge in [-0.2, -0.15) is 5.10 Å². The van der Waals surface area contributed by atoms with E-state index < -0.39 is 0 Å². The second-order valence-electron chi connectivity index (χ2n) is 2.19. The van der Waals surface area contributed by atoms with E-state index in [-0.39, 0.29) is 5.82 Å². The lowest BCUT2D eigenvalue weighted by atomic mass is 10.3. The van der Waals surface area contributed by atoms with Crippen LogP contribution in [-0.2, 0) is 0 Å². The van der Waals surface area contributed by atoms with E-state index in [1.54, 1.807) is 0 Å². The highest BCUT2D eigenvalue weighted by Crippen LogP contribution is 2.10. The number of nitrogens with one attached hydrogen (secondary N) is 1. The van der Waals surface area contributed by atoms with Crippen LogP contribution in [0.5, 0.6) is 0 Å². The topological polar surface area (TPSA) is 54.5 Å². The number of aromatic amines is 1. The molecular weight excluding hydrogens is 159 g/mol. The largest absolute Gasteiger partial charge is 0.258 e. The summed E-state index contributed by atoms with van der Waals surface area (Å²) in [6.07, 6.45) is 2.73. The molecule has 0 aliphatic rings. The van der Waals surface area contributed by atoms with Gasteiger partial charge in [-0.3, -0.25) is 10.1 Å². The van der Waals surface area contributed by atoms with Crippen LogP contribution in [0.15, 0.2) is 24.7 Å². The monoisotopic (exact) mass is 164 g/mol. The maximum atomic E-state index is 12.7. The van der Waals surface area contributed by atoms with Crippen LogP contribution in [0, 0.1) is 5.82 Å². The summed E-state index contributed by atoms with van der Waals surface area (Å²) in [6.45, 7) is 0. The third-order valence-corrected chi connectivity index (χ3v) is 1.38. The van der Waals surface area contributed by atoms with Crippen molar-refractivity contribution in [3.8, 4) is 11.5 Å². The first-order valence-corrected chi connectivity index (χ1v) is 3.33. The van der Waals surface area contributed by atoms with E-state index in [9.17, 15) is 4.39 Å². The lowest BCUT2D eigenvalue weighted by Crippen LogP contribution is -1.86. The molecular formula is C7H5FN4. The molecule has 0 saturated carbocycles. The molecule has 0 aliphatic carbocycles. The molecule has 0 aromatic carbocycles. The van der Waals surface area contributed by atoms with Crippen LogP contribution in [-0.4, -0.2) is 20.2 Å². The third kappa shape index (κ3) is 1.16. The molecule has 2 aromatic heterocycles. The molecule has 60 valence electrons. The fourth-order valence-corrected chi connectivity index (χ4v) is 0.863. The van der Waals surface area contributed by atoms with Crippen molar-refractivity contribution in [1.29, 1.82) is 0 Å². The Morgan fingerprint density at radius 3 is 2.92 bits per heavy atom. The summed E-state index contributed by atoms with van der Waals surface area (Å²) in [7, 11) is 0. The summed E-state index contributed by atoms with van der Waals surface area (Å²) >= 11 is 0. The Balaban J connectivity index is 2.48. The second-order valence-corrected chi connectivity index (χ2v) is 2.19. The number of hydrogen-bond acceptors (Lipinski definition) is 3. The summed E-state index contributed by atoms with van der Waals surface area (Å²) in [6, 6.07) is 2.57. The van der Waals surface area contributed by atoms with Gasteiger partial charge >= 0.3 is 0 Å². The lowest BCUT2D eigenvalue weighted by Gasteiger charge is -1.93. The van der Waals surface area contributed by atoms with Crippen LogP contribution in [0.2, 0.25) is 0 Å². The zero-order chi connectivity index (χ0) is 8.39. The van der Waals surface area contributed by atoms with Gasteiger partial charge in [-0.1, -0.05) is 0 Å². The Morgan fingerprint density at radius 2 is 2.25 bits per heavy atom. The molecule has 0 atom stereocenters. The molecule has 1 N–H and O–H groups in total. The molecule has 0 fully saturated rings.